The molecule has 100 valence electrons. The lowest BCUT2D eigenvalue weighted by molar-refractivity contribution is -0.286. The molecular weight excluding hydrogens is 274 g/mol. The highest BCUT2D eigenvalue weighted by atomic mass is 32.1. The molecule has 1 aliphatic rings. The van der Waals surface area contributed by atoms with Gasteiger partial charge in [-0.3, -0.25) is 0 Å². The molecule has 7 heteroatoms. The SMILES string of the molecule is CNc1nc(C)c(-c2ccc3c(c2)OC(F)(F)O3)s1. The Morgan fingerprint density at radius 3 is 2.68 bits per heavy atom. The number of rotatable bonds is 2. The third-order valence-corrected chi connectivity index (χ3v) is 3.90. The topological polar surface area (TPSA) is 43.4 Å². The van der Waals surface area contributed by atoms with Crippen LogP contribution in [0, 0.1) is 6.92 Å². The van der Waals surface area contributed by atoms with Gasteiger partial charge in [-0.25, -0.2) is 4.98 Å². The van der Waals surface area contributed by atoms with Crippen LogP contribution < -0.4 is 14.8 Å². The number of aromatic nitrogens is 1. The number of nitrogens with zero attached hydrogens (tertiary/aromatic N) is 1. The van der Waals surface area contributed by atoms with E-state index in [2.05, 4.69) is 19.8 Å². The maximum atomic E-state index is 12.9. The molecule has 1 aromatic heterocycles. The van der Waals surface area contributed by atoms with E-state index in [1.54, 1.807) is 13.1 Å². The highest BCUT2D eigenvalue weighted by molar-refractivity contribution is 7.19. The zero-order valence-electron chi connectivity index (χ0n) is 10.2. The summed E-state index contributed by atoms with van der Waals surface area (Å²) >= 11 is 1.45. The van der Waals surface area contributed by atoms with Gasteiger partial charge in [0.25, 0.3) is 0 Å². The molecule has 1 aromatic carbocycles. The number of aryl methyl sites for hydroxylation is 1. The van der Waals surface area contributed by atoms with Crippen molar-refractivity contribution in [2.75, 3.05) is 12.4 Å². The van der Waals surface area contributed by atoms with Crippen LogP contribution in [0.5, 0.6) is 11.5 Å². The van der Waals surface area contributed by atoms with Crippen molar-refractivity contribution in [1.29, 1.82) is 0 Å². The van der Waals surface area contributed by atoms with Gasteiger partial charge in [0.2, 0.25) is 0 Å². The lowest BCUT2D eigenvalue weighted by Gasteiger charge is -2.04. The Hall–Kier alpha value is -1.89. The molecule has 2 heterocycles. The van der Waals surface area contributed by atoms with E-state index in [4.69, 9.17) is 0 Å². The van der Waals surface area contributed by atoms with Gasteiger partial charge in [0.1, 0.15) is 0 Å². The number of alkyl halides is 2. The summed E-state index contributed by atoms with van der Waals surface area (Å²) in [5.74, 6) is 0.0890. The number of fused-ring (bicyclic) bond motifs is 1. The molecule has 4 nitrogen and oxygen atoms in total. The highest BCUT2D eigenvalue weighted by Gasteiger charge is 2.43. The van der Waals surface area contributed by atoms with Crippen LogP contribution in [0.1, 0.15) is 5.69 Å². The van der Waals surface area contributed by atoms with E-state index in [1.807, 2.05) is 6.92 Å². The van der Waals surface area contributed by atoms with Gasteiger partial charge in [-0.05, 0) is 30.7 Å². The van der Waals surface area contributed by atoms with E-state index in [-0.39, 0.29) is 11.5 Å². The molecule has 0 saturated heterocycles. The molecule has 2 aromatic rings. The number of thiazole rings is 1. The molecule has 0 saturated carbocycles. The Balaban J connectivity index is 2.02. The van der Waals surface area contributed by atoms with Crippen molar-refractivity contribution >= 4 is 16.5 Å². The van der Waals surface area contributed by atoms with Crippen LogP contribution in [0.2, 0.25) is 0 Å². The van der Waals surface area contributed by atoms with E-state index >= 15 is 0 Å². The van der Waals surface area contributed by atoms with Gasteiger partial charge in [0.15, 0.2) is 16.6 Å². The Kier molecular flexibility index (Phi) is 2.60. The van der Waals surface area contributed by atoms with Crippen LogP contribution in [0.25, 0.3) is 10.4 Å². The van der Waals surface area contributed by atoms with Crippen molar-refractivity contribution in [3.63, 3.8) is 0 Å². The second-order valence-electron chi connectivity index (χ2n) is 4.01. The third-order valence-electron chi connectivity index (χ3n) is 2.67. The molecule has 0 aliphatic carbocycles. The van der Waals surface area contributed by atoms with Gasteiger partial charge in [-0.1, -0.05) is 11.3 Å². The molecular formula is C12H10F2N2O2S. The lowest BCUT2D eigenvalue weighted by Crippen LogP contribution is -2.25. The molecule has 0 radical (unpaired) electrons. The van der Waals surface area contributed by atoms with Crippen molar-refractivity contribution in [3.05, 3.63) is 23.9 Å². The van der Waals surface area contributed by atoms with Gasteiger partial charge < -0.3 is 14.8 Å². The summed E-state index contributed by atoms with van der Waals surface area (Å²) < 4.78 is 34.7. The second-order valence-corrected chi connectivity index (χ2v) is 5.01. The smallest absolute Gasteiger partial charge is 0.395 e. The predicted molar refractivity (Wildman–Crippen MR) is 68.0 cm³/mol. The summed E-state index contributed by atoms with van der Waals surface area (Å²) in [5, 5.41) is 3.73. The first kappa shape index (κ1) is 12.2. The van der Waals surface area contributed by atoms with E-state index in [0.717, 1.165) is 21.3 Å². The number of halogens is 2. The second kappa shape index (κ2) is 4.06. The predicted octanol–water partition coefficient (Wildman–Crippen LogP) is 3.48. The number of ether oxygens (including phenoxy) is 2. The molecule has 3 rings (SSSR count). The fourth-order valence-electron chi connectivity index (χ4n) is 1.86. The summed E-state index contributed by atoms with van der Waals surface area (Å²) in [7, 11) is 1.78. The Bertz CT molecular complexity index is 643. The molecule has 1 aliphatic heterocycles. The minimum absolute atomic E-state index is 0.0429. The largest absolute Gasteiger partial charge is 0.586 e. The van der Waals surface area contributed by atoms with Crippen molar-refractivity contribution in [3.8, 4) is 21.9 Å². The first-order chi connectivity index (χ1) is 8.98. The minimum Gasteiger partial charge on any atom is -0.395 e. The summed E-state index contributed by atoms with van der Waals surface area (Å²) in [6.07, 6.45) is -3.58. The van der Waals surface area contributed by atoms with E-state index in [9.17, 15) is 8.78 Å². The standard InChI is InChI=1S/C12H10F2N2O2S/c1-6-10(19-11(15-2)16-6)7-3-4-8-9(5-7)18-12(13,14)17-8/h3-5H,1-2H3,(H,15,16). The number of benzene rings is 1. The molecule has 0 spiro atoms. The first-order valence-corrected chi connectivity index (χ1v) is 6.35. The van der Waals surface area contributed by atoms with Gasteiger partial charge in [0, 0.05) is 7.05 Å². The average Bonchev–Trinajstić information content (AvgIpc) is 2.86. The number of hydrogen-bond acceptors (Lipinski definition) is 5. The fraction of sp³-hybridized carbons (Fsp3) is 0.250. The van der Waals surface area contributed by atoms with Crippen LogP contribution in [-0.4, -0.2) is 18.3 Å². The normalized spacial score (nSPS) is 15.6. The molecule has 0 bridgehead atoms. The summed E-state index contributed by atoms with van der Waals surface area (Å²) in [4.78, 5) is 5.22. The zero-order chi connectivity index (χ0) is 13.6. The van der Waals surface area contributed by atoms with E-state index in [1.165, 1.54) is 23.5 Å². The Morgan fingerprint density at radius 1 is 1.26 bits per heavy atom. The van der Waals surface area contributed by atoms with Gasteiger partial charge in [0.05, 0.1) is 10.6 Å². The monoisotopic (exact) mass is 284 g/mol. The fourth-order valence-corrected chi connectivity index (χ4v) is 2.78. The summed E-state index contributed by atoms with van der Waals surface area (Å²) in [5.41, 5.74) is 1.61. The first-order valence-electron chi connectivity index (χ1n) is 5.54. The van der Waals surface area contributed by atoms with Crippen LogP contribution in [-0.2, 0) is 0 Å². The van der Waals surface area contributed by atoms with Crippen LogP contribution >= 0.6 is 11.3 Å². The van der Waals surface area contributed by atoms with Crippen LogP contribution in [0.15, 0.2) is 18.2 Å². The third kappa shape index (κ3) is 2.10. The molecule has 0 amide bonds. The van der Waals surface area contributed by atoms with Crippen molar-refractivity contribution in [2.45, 2.75) is 13.2 Å². The maximum absolute atomic E-state index is 12.9. The van der Waals surface area contributed by atoms with Crippen molar-refractivity contribution in [2.24, 2.45) is 0 Å². The number of nitrogens with one attached hydrogen (secondary N) is 1. The summed E-state index contributed by atoms with van der Waals surface area (Å²) in [6.45, 7) is 1.87. The van der Waals surface area contributed by atoms with Gasteiger partial charge in [-0.15, -0.1) is 8.78 Å². The molecule has 1 N–H and O–H groups in total. The van der Waals surface area contributed by atoms with Crippen molar-refractivity contribution in [1.82, 2.24) is 4.98 Å². The zero-order valence-corrected chi connectivity index (χ0v) is 11.0. The van der Waals surface area contributed by atoms with Crippen LogP contribution in [0.4, 0.5) is 13.9 Å². The van der Waals surface area contributed by atoms with Crippen LogP contribution in [0.3, 0.4) is 0 Å². The maximum Gasteiger partial charge on any atom is 0.586 e. The average molecular weight is 284 g/mol. The minimum atomic E-state index is -3.58. The molecule has 0 fully saturated rings. The molecule has 0 unspecified atom stereocenters. The number of anilines is 1. The van der Waals surface area contributed by atoms with Gasteiger partial charge in [-0.2, -0.15) is 0 Å². The Labute approximate surface area is 112 Å². The molecule has 19 heavy (non-hydrogen) atoms. The van der Waals surface area contributed by atoms with Crippen molar-refractivity contribution < 1.29 is 18.3 Å². The Morgan fingerprint density at radius 2 is 2.00 bits per heavy atom. The van der Waals surface area contributed by atoms with E-state index < -0.39 is 6.29 Å². The highest BCUT2D eigenvalue weighted by Crippen LogP contribution is 2.44. The number of hydrogen-bond donors (Lipinski definition) is 1. The lowest BCUT2D eigenvalue weighted by atomic mass is 10.1. The quantitative estimate of drug-likeness (QED) is 0.917. The van der Waals surface area contributed by atoms with E-state index in [0.29, 0.717) is 0 Å². The van der Waals surface area contributed by atoms with Gasteiger partial charge >= 0.3 is 6.29 Å². The molecule has 0 atom stereocenters. The summed E-state index contributed by atoms with van der Waals surface area (Å²) in [6, 6.07) is 4.73.